The van der Waals surface area contributed by atoms with E-state index in [0.29, 0.717) is 0 Å². The van der Waals surface area contributed by atoms with Gasteiger partial charge >= 0.3 is 26.8 Å². The SMILES string of the molecule is C[Si](C)(O)Cl.C[Si](C)(O)Cl.[Cl][Al][Cl].[Cl][Al][Cl]. The Morgan fingerprint density at radius 1 is 0.688 bits per heavy atom. The van der Waals surface area contributed by atoms with E-state index in [9.17, 15) is 0 Å². The van der Waals surface area contributed by atoms with E-state index in [0.717, 1.165) is 0 Å². The third-order valence-corrected chi connectivity index (χ3v) is 0. The summed E-state index contributed by atoms with van der Waals surface area (Å²) in [6.45, 7) is 6.59. The molecule has 0 aliphatic rings. The van der Waals surface area contributed by atoms with Gasteiger partial charge in [-0.15, -0.1) is 22.2 Å². The summed E-state index contributed by atoms with van der Waals surface area (Å²) in [7, 11) is 15.1. The highest BCUT2D eigenvalue weighted by Gasteiger charge is 2.09. The lowest BCUT2D eigenvalue weighted by Crippen LogP contribution is -2.13. The lowest BCUT2D eigenvalue weighted by atomic mass is 11.9. The van der Waals surface area contributed by atoms with E-state index in [1.807, 2.05) is 0 Å². The van der Waals surface area contributed by atoms with E-state index in [2.05, 4.69) is 0 Å². The van der Waals surface area contributed by atoms with Crippen molar-refractivity contribution in [3.05, 3.63) is 0 Å². The van der Waals surface area contributed by atoms with Crippen molar-refractivity contribution in [1.82, 2.24) is 0 Å². The Morgan fingerprint density at radius 3 is 0.688 bits per heavy atom. The summed E-state index contributed by atoms with van der Waals surface area (Å²) in [6, 6.07) is 0. The molecule has 2 nitrogen and oxygen atoms in total. The summed E-state index contributed by atoms with van der Waals surface area (Å²) in [6.07, 6.45) is 0. The third kappa shape index (κ3) is 449. The van der Waals surface area contributed by atoms with Crippen LogP contribution in [0.15, 0.2) is 0 Å². The maximum absolute atomic E-state index is 8.43. The van der Waals surface area contributed by atoms with E-state index in [1.54, 1.807) is 26.2 Å². The van der Waals surface area contributed by atoms with Gasteiger partial charge in [0.2, 0.25) is 0 Å². The van der Waals surface area contributed by atoms with Crippen LogP contribution in [0.2, 0.25) is 26.2 Å². The van der Waals surface area contributed by atoms with Crippen LogP contribution < -0.4 is 0 Å². The Bertz CT molecular complexity index is 96.1. The van der Waals surface area contributed by atoms with Crippen molar-refractivity contribution in [3.63, 3.8) is 0 Å². The second-order valence-corrected chi connectivity index (χ2v) is 18.5. The standard InChI is InChI=1S/2C2H7ClOSi.2Al.4ClH/c2*1-5(2,3)4;;;;;;/h2*4H,1-2H3;;;4*1H/q;;2*+2;;;;/p-4. The highest BCUT2D eigenvalue weighted by atomic mass is 35.7. The number of hydrogen-bond donors (Lipinski definition) is 2. The maximum Gasteiger partial charge on any atom is 0.495 e. The van der Waals surface area contributed by atoms with Gasteiger partial charge in [-0.05, 0) is 26.2 Å². The largest absolute Gasteiger partial charge is 0.495 e. The molecule has 0 amide bonds. The molecule has 2 N–H and O–H groups in total. The zero-order valence-electron chi connectivity index (χ0n) is 9.32. The number of hydrogen-bond acceptors (Lipinski definition) is 2. The van der Waals surface area contributed by atoms with Crippen molar-refractivity contribution in [1.29, 1.82) is 0 Å². The zero-order valence-corrected chi connectivity index (χ0v) is 18.2. The van der Waals surface area contributed by atoms with Gasteiger partial charge in [-0.1, -0.05) is 0 Å². The Hall–Kier alpha value is 3.16. The summed E-state index contributed by atoms with van der Waals surface area (Å²) >= 11 is 9.84. The average Bonchev–Trinajstić information content (AvgIpc) is 1.79. The van der Waals surface area contributed by atoms with E-state index < -0.39 is 15.3 Å². The molecule has 0 heterocycles. The molecule has 0 rings (SSSR count). The predicted octanol–water partition coefficient (Wildman–Crippen LogP) is 3.84. The van der Waals surface area contributed by atoms with Gasteiger partial charge in [0.05, 0.1) is 0 Å². The quantitative estimate of drug-likeness (QED) is 0.465. The van der Waals surface area contributed by atoms with Crippen LogP contribution in [-0.4, -0.2) is 51.6 Å². The first-order valence-corrected chi connectivity index (χ1v) is 18.6. The third-order valence-electron chi connectivity index (χ3n) is 0. The molecule has 0 unspecified atom stereocenters. The molecule has 0 aromatic rings. The Balaban J connectivity index is -0.0000000621. The molecule has 0 aliphatic heterocycles. The topological polar surface area (TPSA) is 40.5 Å². The number of rotatable bonds is 0. The molecule has 12 heteroatoms. The molecule has 0 aromatic carbocycles. The van der Waals surface area contributed by atoms with Crippen molar-refractivity contribution in [2.24, 2.45) is 0 Å². The molecule has 16 heavy (non-hydrogen) atoms. The average molecular weight is 417 g/mol. The van der Waals surface area contributed by atoms with Crippen LogP contribution >= 0.6 is 62.4 Å². The van der Waals surface area contributed by atoms with Crippen LogP contribution in [-0.2, 0) is 0 Å². The first kappa shape index (κ1) is 27.5. The molecular weight excluding hydrogens is 403 g/mol. The summed E-state index contributed by atoms with van der Waals surface area (Å²) in [5.41, 5.74) is 0. The van der Waals surface area contributed by atoms with E-state index in [1.165, 1.54) is 0 Å². The van der Waals surface area contributed by atoms with Crippen LogP contribution in [0.25, 0.3) is 0 Å². The van der Waals surface area contributed by atoms with Gasteiger partial charge in [0, 0.05) is 0 Å². The first-order valence-electron chi connectivity index (χ1n) is 3.70. The van der Waals surface area contributed by atoms with Crippen LogP contribution in [0.1, 0.15) is 0 Å². The molecule has 0 saturated carbocycles. The van der Waals surface area contributed by atoms with Crippen molar-refractivity contribution in [2.75, 3.05) is 0 Å². The van der Waals surface area contributed by atoms with Crippen LogP contribution in [0.4, 0.5) is 0 Å². The fraction of sp³-hybridized carbons (Fsp3) is 1.00. The summed E-state index contributed by atoms with van der Waals surface area (Å²) in [5, 5.41) is 0. The van der Waals surface area contributed by atoms with Crippen LogP contribution in [0, 0.1) is 0 Å². The minimum Gasteiger partial charge on any atom is -0.420 e. The van der Waals surface area contributed by atoms with E-state index in [4.69, 9.17) is 71.9 Å². The van der Waals surface area contributed by atoms with Crippen LogP contribution in [0.3, 0.4) is 0 Å². The minimum absolute atomic E-state index is 0.306. The van der Waals surface area contributed by atoms with E-state index >= 15 is 0 Å². The monoisotopic (exact) mass is 414 g/mol. The Morgan fingerprint density at radius 2 is 0.688 bits per heavy atom. The van der Waals surface area contributed by atoms with Crippen molar-refractivity contribution >= 4 is 104 Å². The van der Waals surface area contributed by atoms with Gasteiger partial charge in [0.15, 0.2) is 0 Å². The smallest absolute Gasteiger partial charge is 0.420 e. The summed E-state index contributed by atoms with van der Waals surface area (Å²) in [4.78, 5) is 16.9. The molecule has 0 fully saturated rings. The highest BCUT2D eigenvalue weighted by Crippen LogP contribution is 1.98. The maximum atomic E-state index is 8.43. The summed E-state index contributed by atoms with van der Waals surface area (Å²) < 4.78 is 0. The Kier molecular flexibility index (Phi) is 31.2. The molecule has 0 aromatic heterocycles. The molecule has 0 saturated heterocycles. The van der Waals surface area contributed by atoms with Crippen molar-refractivity contribution in [2.45, 2.75) is 26.2 Å². The number of halogens is 6. The second kappa shape index (κ2) is 18.2. The lowest BCUT2D eigenvalue weighted by Gasteiger charge is -1.96. The molecule has 0 spiro atoms. The van der Waals surface area contributed by atoms with E-state index in [-0.39, 0.29) is 26.8 Å². The summed E-state index contributed by atoms with van der Waals surface area (Å²) in [5.74, 6) is 0. The van der Waals surface area contributed by atoms with Gasteiger partial charge in [-0.2, -0.15) is 0 Å². The zero-order chi connectivity index (χ0) is 14.4. The highest BCUT2D eigenvalue weighted by molar-refractivity contribution is 7.22. The van der Waals surface area contributed by atoms with Gasteiger partial charge in [0.1, 0.15) is 0 Å². The van der Waals surface area contributed by atoms with Gasteiger partial charge in [-0.3, -0.25) is 0 Å². The molecule has 0 aliphatic carbocycles. The van der Waals surface area contributed by atoms with Gasteiger partial charge < -0.3 is 9.59 Å². The van der Waals surface area contributed by atoms with Crippen molar-refractivity contribution < 1.29 is 9.59 Å². The molecular formula is C4H14Al2Cl6O2Si2. The lowest BCUT2D eigenvalue weighted by molar-refractivity contribution is 0.576. The minimum atomic E-state index is -2.14. The van der Waals surface area contributed by atoms with Crippen molar-refractivity contribution in [3.8, 4) is 0 Å². The molecule has 2 radical (unpaired) electrons. The first-order chi connectivity index (χ1) is 6.83. The fourth-order valence-corrected chi connectivity index (χ4v) is 0. The predicted molar refractivity (Wildman–Crippen MR) is 86.0 cm³/mol. The molecule has 0 bridgehead atoms. The fourth-order valence-electron chi connectivity index (χ4n) is 0. The van der Waals surface area contributed by atoms with Gasteiger partial charge in [-0.25, -0.2) is 40.2 Å². The van der Waals surface area contributed by atoms with Gasteiger partial charge in [0.25, 0.3) is 15.3 Å². The molecule has 98 valence electrons. The second-order valence-electron chi connectivity index (χ2n) is 2.98. The Labute approximate surface area is 138 Å². The van der Waals surface area contributed by atoms with Crippen LogP contribution in [0.5, 0.6) is 0 Å². The normalized spacial score (nSPS) is 9.25. The molecule has 0 atom stereocenters.